The second-order valence-electron chi connectivity index (χ2n) is 14.3. The van der Waals surface area contributed by atoms with E-state index in [0.29, 0.717) is 18.9 Å². The Kier molecular flexibility index (Phi) is 9.38. The zero-order chi connectivity index (χ0) is 37.5. The molecule has 8 rings (SSSR count). The van der Waals surface area contributed by atoms with Crippen LogP contribution in [0.25, 0.3) is 44.5 Å². The monoisotopic (exact) mass is 733 g/mol. The van der Waals surface area contributed by atoms with Gasteiger partial charge in [0.2, 0.25) is 11.8 Å². The Morgan fingerprint density at radius 3 is 2.19 bits per heavy atom. The molecule has 15 nitrogen and oxygen atoms in total. The molecule has 3 aromatic heterocycles. The van der Waals surface area contributed by atoms with E-state index in [9.17, 15) is 19.2 Å². The van der Waals surface area contributed by atoms with E-state index < -0.39 is 24.3 Å². The lowest BCUT2D eigenvalue weighted by Crippen LogP contribution is -2.49. The number of rotatable bonds is 9. The summed E-state index contributed by atoms with van der Waals surface area (Å²) in [6.07, 6.45) is 5.63. The van der Waals surface area contributed by atoms with Crippen molar-refractivity contribution in [1.29, 1.82) is 0 Å². The number of nitrogens with zero attached hydrogens (tertiary/aromatic N) is 5. The number of aromatic nitrogens is 5. The number of pyridine rings is 1. The van der Waals surface area contributed by atoms with Crippen LogP contribution in [-0.2, 0) is 19.1 Å². The summed E-state index contributed by atoms with van der Waals surface area (Å²) in [6.45, 7) is 2.85. The van der Waals surface area contributed by atoms with Crippen LogP contribution in [0.5, 0.6) is 0 Å². The van der Waals surface area contributed by atoms with Gasteiger partial charge in [0.25, 0.3) is 0 Å². The van der Waals surface area contributed by atoms with Gasteiger partial charge in [0, 0.05) is 29.6 Å². The fourth-order valence-corrected chi connectivity index (χ4v) is 7.80. The Bertz CT molecular complexity index is 2250. The van der Waals surface area contributed by atoms with Crippen molar-refractivity contribution in [3.05, 3.63) is 66.4 Å². The van der Waals surface area contributed by atoms with Crippen LogP contribution in [0, 0.1) is 5.92 Å². The number of aromatic amines is 2. The third kappa shape index (κ3) is 6.81. The first kappa shape index (κ1) is 35.1. The lowest BCUT2D eigenvalue weighted by Gasteiger charge is -2.28. The highest BCUT2D eigenvalue weighted by molar-refractivity contribution is 5.89. The summed E-state index contributed by atoms with van der Waals surface area (Å²) in [5.74, 6) is 1.31. The van der Waals surface area contributed by atoms with E-state index in [1.54, 1.807) is 18.0 Å². The maximum atomic E-state index is 13.6. The number of carbonyl (C=O) groups excluding carboxylic acids is 4. The minimum atomic E-state index is -0.715. The first-order valence-electron chi connectivity index (χ1n) is 18.5. The predicted molar refractivity (Wildman–Crippen MR) is 199 cm³/mol. The molecule has 5 aromatic rings. The average molecular weight is 734 g/mol. The van der Waals surface area contributed by atoms with Gasteiger partial charge in [-0.25, -0.2) is 24.5 Å². The minimum absolute atomic E-state index is 0.0866. The average Bonchev–Trinajstić information content (AvgIpc) is 3.62. The molecule has 2 aliphatic heterocycles. The van der Waals surface area contributed by atoms with Crippen molar-refractivity contribution in [2.24, 2.45) is 5.92 Å². The molecule has 5 heterocycles. The van der Waals surface area contributed by atoms with Gasteiger partial charge in [0.15, 0.2) is 0 Å². The largest absolute Gasteiger partial charge is 0.453 e. The molecule has 2 saturated heterocycles. The van der Waals surface area contributed by atoms with Crippen molar-refractivity contribution in [1.82, 2.24) is 45.4 Å². The molecule has 0 bridgehead atoms. The van der Waals surface area contributed by atoms with E-state index >= 15 is 0 Å². The Labute approximate surface area is 311 Å². The fraction of sp³-hybridized carbons (Fsp3) is 0.410. The molecular formula is C39H43N9O6. The zero-order valence-corrected chi connectivity index (χ0v) is 30.4. The number of amides is 4. The Morgan fingerprint density at radius 2 is 1.44 bits per heavy atom. The van der Waals surface area contributed by atoms with Crippen LogP contribution in [0.15, 0.2) is 54.7 Å². The first-order chi connectivity index (χ1) is 26.2. The molecule has 15 heteroatoms. The van der Waals surface area contributed by atoms with Gasteiger partial charge in [0.05, 0.1) is 60.4 Å². The second-order valence-corrected chi connectivity index (χ2v) is 14.3. The van der Waals surface area contributed by atoms with E-state index in [1.807, 2.05) is 41.3 Å². The number of nitrogens with one attached hydrogen (secondary N) is 4. The zero-order valence-electron chi connectivity index (χ0n) is 30.4. The second kappa shape index (κ2) is 14.4. The van der Waals surface area contributed by atoms with E-state index in [0.717, 1.165) is 88.8 Å². The molecule has 3 fully saturated rings. The van der Waals surface area contributed by atoms with E-state index in [4.69, 9.17) is 14.7 Å². The normalized spacial score (nSPS) is 19.5. The number of alkyl carbamates (subject to hydrolysis) is 2. The minimum Gasteiger partial charge on any atom is -0.453 e. The van der Waals surface area contributed by atoms with Gasteiger partial charge >= 0.3 is 12.2 Å². The lowest BCUT2D eigenvalue weighted by atomic mass is 10.1. The van der Waals surface area contributed by atoms with Gasteiger partial charge in [-0.2, -0.15) is 0 Å². The predicted octanol–water partition coefficient (Wildman–Crippen LogP) is 5.37. The van der Waals surface area contributed by atoms with Crippen molar-refractivity contribution in [3.63, 3.8) is 0 Å². The van der Waals surface area contributed by atoms with Gasteiger partial charge in [-0.15, -0.1) is 0 Å². The summed E-state index contributed by atoms with van der Waals surface area (Å²) in [7, 11) is 2.58. The van der Waals surface area contributed by atoms with Crippen molar-refractivity contribution < 1.29 is 28.7 Å². The number of methoxy groups -OCH3 is 2. The molecule has 4 atom stereocenters. The van der Waals surface area contributed by atoms with Crippen LogP contribution in [0.4, 0.5) is 9.59 Å². The molecule has 2 aromatic carbocycles. The number of imidazole rings is 2. The summed E-state index contributed by atoms with van der Waals surface area (Å²) in [5.41, 5.74) is 6.04. The highest BCUT2D eigenvalue weighted by Crippen LogP contribution is 2.38. The summed E-state index contributed by atoms with van der Waals surface area (Å²) in [5, 5.41) is 6.29. The number of likely N-dealkylation sites (tertiary alicyclic amines) is 2. The van der Waals surface area contributed by atoms with Crippen molar-refractivity contribution >= 4 is 45.9 Å². The number of H-pyrrole nitrogens is 2. The van der Waals surface area contributed by atoms with Gasteiger partial charge in [-0.05, 0) is 81.7 Å². The van der Waals surface area contributed by atoms with E-state index in [1.165, 1.54) is 14.2 Å². The van der Waals surface area contributed by atoms with Crippen LogP contribution in [0.2, 0.25) is 0 Å². The van der Waals surface area contributed by atoms with Crippen LogP contribution >= 0.6 is 0 Å². The van der Waals surface area contributed by atoms with Gasteiger partial charge in [0.1, 0.15) is 23.7 Å². The van der Waals surface area contributed by atoms with Crippen molar-refractivity contribution in [3.8, 4) is 22.5 Å². The van der Waals surface area contributed by atoms with Gasteiger partial charge in [-0.1, -0.05) is 18.2 Å². The molecule has 0 radical (unpaired) electrons. The molecule has 54 heavy (non-hydrogen) atoms. The highest BCUT2D eigenvalue weighted by atomic mass is 16.5. The van der Waals surface area contributed by atoms with E-state index in [-0.39, 0.29) is 29.8 Å². The number of hydrogen-bond donors (Lipinski definition) is 4. The summed E-state index contributed by atoms with van der Waals surface area (Å²) in [4.78, 5) is 75.5. The number of carbonyl (C=O) groups is 4. The Morgan fingerprint density at radius 1 is 0.759 bits per heavy atom. The van der Waals surface area contributed by atoms with Crippen LogP contribution < -0.4 is 10.6 Å². The number of hydrogen-bond acceptors (Lipinski definition) is 9. The molecule has 280 valence electrons. The standard InChI is InChI=1S/C39H43N9O6/c1-21(41-38(51)53-2)36(49)47-16-4-6-31(47)34-40-20-30(45-34)24-11-14-26-23(18-24)10-13-27(42-26)25-12-15-28-29(19-25)44-35(43-28)32-7-5-17-48(32)37(50)33(22-8-9-22)46-39(52)54-3/h10-15,18-22,31-33H,4-9,16-17H2,1-3H3,(H,40,45)(H,41,51)(H,43,44)(H,46,52). The summed E-state index contributed by atoms with van der Waals surface area (Å²) < 4.78 is 9.44. The molecule has 4 unspecified atom stereocenters. The quantitative estimate of drug-likeness (QED) is 0.154. The van der Waals surface area contributed by atoms with Crippen LogP contribution in [0.3, 0.4) is 0 Å². The summed E-state index contributed by atoms with van der Waals surface area (Å²) >= 11 is 0. The number of ether oxygens (including phenoxy) is 2. The van der Waals surface area contributed by atoms with Crippen LogP contribution in [-0.4, -0.2) is 98.1 Å². The maximum Gasteiger partial charge on any atom is 0.407 e. The number of fused-ring (bicyclic) bond motifs is 2. The fourth-order valence-electron chi connectivity index (χ4n) is 7.80. The Hall–Kier alpha value is -5.99. The third-order valence-electron chi connectivity index (χ3n) is 10.8. The van der Waals surface area contributed by atoms with Crippen molar-refractivity contribution in [2.75, 3.05) is 27.3 Å². The first-order valence-corrected chi connectivity index (χ1v) is 18.5. The van der Waals surface area contributed by atoms with Crippen molar-refractivity contribution in [2.45, 2.75) is 69.6 Å². The smallest absolute Gasteiger partial charge is 0.407 e. The topological polar surface area (TPSA) is 188 Å². The molecular weight excluding hydrogens is 690 g/mol. The lowest BCUT2D eigenvalue weighted by molar-refractivity contribution is -0.135. The molecule has 1 aliphatic carbocycles. The van der Waals surface area contributed by atoms with Crippen LogP contribution in [0.1, 0.15) is 69.2 Å². The van der Waals surface area contributed by atoms with Gasteiger partial charge in [-0.3, -0.25) is 9.59 Å². The van der Waals surface area contributed by atoms with Gasteiger partial charge < -0.3 is 39.9 Å². The SMILES string of the molecule is COC(=O)NC(C)C(=O)N1CCCC1c1ncc(-c2ccc3nc(-c4ccc5nc(C6CCCN6C(=O)C(NC(=O)OC)C6CC6)[nH]c5c4)ccc3c2)[nH]1. The molecule has 3 aliphatic rings. The molecule has 4 amide bonds. The summed E-state index contributed by atoms with van der Waals surface area (Å²) in [6, 6.07) is 14.4. The molecule has 4 N–H and O–H groups in total. The maximum absolute atomic E-state index is 13.6. The number of benzene rings is 2. The van der Waals surface area contributed by atoms with E-state index in [2.05, 4.69) is 42.5 Å². The molecule has 0 spiro atoms. The Balaban J connectivity index is 0.978. The highest BCUT2D eigenvalue weighted by Gasteiger charge is 2.43. The third-order valence-corrected chi connectivity index (χ3v) is 10.8. The molecule has 1 saturated carbocycles.